The largest absolute Gasteiger partial charge is 0.481 e. The number of hydrogen-bond acceptors (Lipinski definition) is 17. The summed E-state index contributed by atoms with van der Waals surface area (Å²) < 4.78 is 52.0. The number of esters is 1. The van der Waals surface area contributed by atoms with E-state index in [9.17, 15) is 74.1 Å². The Bertz CT molecular complexity index is 4070. The van der Waals surface area contributed by atoms with Gasteiger partial charge in [-0.15, -0.1) is 0 Å². The molecule has 0 fully saturated rings. The number of carboxylic acid groups (broad SMARTS) is 7. The van der Waals surface area contributed by atoms with Crippen LogP contribution in [0.25, 0.3) is 66.1 Å². The van der Waals surface area contributed by atoms with Crippen LogP contribution >= 0.6 is 0 Å². The van der Waals surface area contributed by atoms with E-state index in [-0.39, 0.29) is 97.8 Å². The van der Waals surface area contributed by atoms with E-state index in [0.29, 0.717) is 49.4 Å². The Labute approximate surface area is 491 Å². The molecule has 1 aliphatic rings. The van der Waals surface area contributed by atoms with E-state index in [4.69, 9.17) is 42.6 Å². The Morgan fingerprint density at radius 3 is 0.724 bits per heavy atom. The fourth-order valence-electron chi connectivity index (χ4n) is 9.64. The molecule has 7 N–H and O–H groups in total. The maximum absolute atomic E-state index is 12.6. The van der Waals surface area contributed by atoms with Gasteiger partial charge in [0.25, 0.3) is 0 Å². The summed E-state index contributed by atoms with van der Waals surface area (Å²) in [6.07, 6.45) is -0.439. The predicted octanol–water partition coefficient (Wildman–Crippen LogP) is 7.95. The third kappa shape index (κ3) is 14.8. The molecule has 1 aliphatic carbocycles. The molecule has 87 heavy (non-hydrogen) atoms. The van der Waals surface area contributed by atoms with E-state index in [1.54, 1.807) is 97.1 Å². The molecule has 0 amide bonds. The molecule has 24 nitrogen and oxygen atoms in total. The Hall–Kier alpha value is -11.6. The zero-order valence-electron chi connectivity index (χ0n) is 45.7. The van der Waals surface area contributed by atoms with E-state index in [0.717, 1.165) is 7.11 Å². The van der Waals surface area contributed by atoms with Crippen LogP contribution in [0.4, 0.5) is 0 Å². The number of methoxy groups -OCH3 is 1. The highest BCUT2D eigenvalue weighted by molar-refractivity contribution is 5.95. The summed E-state index contributed by atoms with van der Waals surface area (Å²) in [6, 6.07) is 32.4. The van der Waals surface area contributed by atoms with E-state index in [1.807, 2.05) is 0 Å². The van der Waals surface area contributed by atoms with Crippen LogP contribution in [0.5, 0.6) is 46.0 Å². The molecule has 0 spiro atoms. The third-order valence-corrected chi connectivity index (χ3v) is 13.4. The monoisotopic (exact) mass is 1190 g/mol. The van der Waals surface area contributed by atoms with Crippen molar-refractivity contribution >= 4 is 69.3 Å². The molecule has 0 heterocycles. The van der Waals surface area contributed by atoms with Crippen LogP contribution in [-0.4, -0.2) is 143 Å². The molecule has 0 aliphatic heterocycles. The topological polar surface area (TPSA) is 361 Å². The van der Waals surface area contributed by atoms with E-state index in [1.165, 1.54) is 24.3 Å². The Morgan fingerprint density at radius 1 is 0.287 bits per heavy atom. The van der Waals surface area contributed by atoms with Crippen LogP contribution in [0.1, 0.15) is 22.3 Å². The smallest absolute Gasteiger partial charge is 0.343 e. The fraction of sp³-hybridized carbons (Fsp3) is 0.175. The number of carbonyl (C=O) groups excluding carboxylic acids is 1. The normalized spacial score (nSPS) is 11.3. The molecule has 0 atom stereocenters. The summed E-state index contributed by atoms with van der Waals surface area (Å²) in [4.78, 5) is 97.2. The minimum Gasteiger partial charge on any atom is -0.481 e. The highest BCUT2D eigenvalue weighted by Gasteiger charge is 2.25. The van der Waals surface area contributed by atoms with Crippen LogP contribution < -0.4 is 37.9 Å². The minimum absolute atomic E-state index is 0.0137. The fourth-order valence-corrected chi connectivity index (χ4v) is 9.64. The first-order chi connectivity index (χ1) is 41.7. The van der Waals surface area contributed by atoms with Crippen molar-refractivity contribution in [2.45, 2.75) is 12.8 Å². The maximum atomic E-state index is 12.6. The molecular weight excluding hydrogens is 1140 g/mol. The van der Waals surface area contributed by atoms with Crippen molar-refractivity contribution in [3.05, 3.63) is 144 Å². The van der Waals surface area contributed by atoms with Gasteiger partial charge in [0.2, 0.25) is 0 Å². The lowest BCUT2D eigenvalue weighted by Crippen LogP contribution is -2.15. The molecule has 9 rings (SSSR count). The number of benzene rings is 8. The molecule has 0 saturated heterocycles. The molecular formula is C63H50O24. The zero-order chi connectivity index (χ0) is 62.1. The number of hydrogen-bond donors (Lipinski definition) is 7. The third-order valence-electron chi connectivity index (χ3n) is 13.4. The van der Waals surface area contributed by atoms with Crippen LogP contribution in [0.3, 0.4) is 0 Å². The lowest BCUT2D eigenvalue weighted by molar-refractivity contribution is -0.143. The average Bonchev–Trinajstić information content (AvgIpc) is 1.20. The first-order valence-electron chi connectivity index (χ1n) is 26.1. The van der Waals surface area contributed by atoms with Gasteiger partial charge in [0.05, 0.1) is 7.11 Å². The summed E-state index contributed by atoms with van der Waals surface area (Å²) >= 11 is 0. The second kappa shape index (κ2) is 26.3. The summed E-state index contributed by atoms with van der Waals surface area (Å²) in [5.74, 6) is -10.8. The highest BCUT2D eigenvalue weighted by Crippen LogP contribution is 2.46. The van der Waals surface area contributed by atoms with Crippen LogP contribution in [-0.2, 0) is 55.9 Å². The summed E-state index contributed by atoms with van der Waals surface area (Å²) in [5, 5.41) is 71.2. The van der Waals surface area contributed by atoms with Gasteiger partial charge in [0.1, 0.15) is 46.0 Å². The summed E-state index contributed by atoms with van der Waals surface area (Å²) in [7, 11) is 1.15. The van der Waals surface area contributed by atoms with Gasteiger partial charge in [-0.25, -0.2) is 38.4 Å². The van der Waals surface area contributed by atoms with Crippen LogP contribution in [0, 0.1) is 0 Å². The molecule has 8 aromatic rings. The first-order valence-corrected chi connectivity index (χ1v) is 26.1. The van der Waals surface area contributed by atoms with Crippen molar-refractivity contribution < 1.29 is 117 Å². The molecule has 14 bridgehead atoms. The van der Waals surface area contributed by atoms with Gasteiger partial charge in [0.15, 0.2) is 52.9 Å². The van der Waals surface area contributed by atoms with Crippen molar-refractivity contribution in [1.29, 1.82) is 0 Å². The SMILES string of the molecule is COC(=O)COc1cc(OCC(=O)O)c2cc1-c1ccc3ccc(cc3c1)-c1cc(c(OCC(=O)O)cc1OCC(=O)O)Cc1cc(c(OCC(=O)O)cc1OCC(=O)O)-c1ccc3ccc(cc3c1)-c1cc(c(OCC(=O)O)cc1OCC(=O)O)C2. The molecule has 0 aromatic heterocycles. The molecule has 0 saturated carbocycles. The van der Waals surface area contributed by atoms with Gasteiger partial charge in [0, 0.05) is 59.4 Å². The predicted molar refractivity (Wildman–Crippen MR) is 305 cm³/mol. The van der Waals surface area contributed by atoms with E-state index < -0.39 is 101 Å². The van der Waals surface area contributed by atoms with Crippen molar-refractivity contribution in [3.8, 4) is 90.5 Å². The van der Waals surface area contributed by atoms with Crippen molar-refractivity contribution in [1.82, 2.24) is 0 Å². The van der Waals surface area contributed by atoms with Gasteiger partial charge >= 0.3 is 47.8 Å². The molecule has 24 heteroatoms. The van der Waals surface area contributed by atoms with Crippen molar-refractivity contribution in [2.24, 2.45) is 0 Å². The van der Waals surface area contributed by atoms with Gasteiger partial charge in [-0.1, -0.05) is 48.5 Å². The Balaban J connectivity index is 1.39. The van der Waals surface area contributed by atoms with Gasteiger partial charge in [-0.05, 0) is 115 Å². The summed E-state index contributed by atoms with van der Waals surface area (Å²) in [5.41, 5.74) is 3.78. The number of ether oxygens (including phenoxy) is 9. The average molecular weight is 1190 g/mol. The van der Waals surface area contributed by atoms with Gasteiger partial charge in [-0.2, -0.15) is 0 Å². The van der Waals surface area contributed by atoms with Gasteiger partial charge < -0.3 is 78.4 Å². The van der Waals surface area contributed by atoms with Crippen molar-refractivity contribution in [3.63, 3.8) is 0 Å². The highest BCUT2D eigenvalue weighted by atomic mass is 16.6. The minimum atomic E-state index is -1.38. The number of aliphatic carboxylic acids is 7. The molecule has 446 valence electrons. The zero-order valence-corrected chi connectivity index (χ0v) is 45.7. The standard InChI is InChI=1S/C63H50O24/c1-79-63(78)31-87-55-23-51(83-27-59(70)71)43-15-42-18-46(54(86-30-62(76)77)22-50(42)82-26-58(68)69)35-7-3-32-2-6-34(10-38(32)11-35)44-16-40(48(80-24-56(64)65)20-52(44)84-28-60(72)73)14-41-17-45(53(85-29-61(74)75)21-49(41)81-25-57(66)67)36-8-4-33-5-9-37(47(55)19-43)13-39(33)12-36/h2-13,16-23H,14-15,24-31H2,1H3,(H,64,65)(H,66,67)(H,68,69)(H,70,71)(H,72,73)(H,74,75)(H,76,77). The lowest BCUT2D eigenvalue weighted by Gasteiger charge is -2.21. The number of rotatable bonds is 24. The second-order valence-electron chi connectivity index (χ2n) is 19.4. The maximum Gasteiger partial charge on any atom is 0.343 e. The summed E-state index contributed by atoms with van der Waals surface area (Å²) in [6.45, 7) is -6.69. The Morgan fingerprint density at radius 2 is 0.506 bits per heavy atom. The molecule has 8 aromatic carbocycles. The van der Waals surface area contributed by atoms with Crippen LogP contribution in [0.15, 0.2) is 121 Å². The Kier molecular flexibility index (Phi) is 18.2. The quantitative estimate of drug-likeness (QED) is 0.0282. The van der Waals surface area contributed by atoms with Gasteiger partial charge in [-0.3, -0.25) is 0 Å². The number of fused-ring (bicyclic) bond motifs is 16. The number of carbonyl (C=O) groups is 8. The van der Waals surface area contributed by atoms with Crippen molar-refractivity contribution in [2.75, 3.05) is 60.0 Å². The second-order valence-corrected chi connectivity index (χ2v) is 19.4. The molecule has 0 radical (unpaired) electrons. The number of carboxylic acids is 7. The lowest BCUT2D eigenvalue weighted by atomic mass is 9.91. The van der Waals surface area contributed by atoms with E-state index in [2.05, 4.69) is 0 Å². The molecule has 0 unspecified atom stereocenters. The van der Waals surface area contributed by atoms with E-state index >= 15 is 0 Å². The van der Waals surface area contributed by atoms with Crippen LogP contribution in [0.2, 0.25) is 0 Å². The first kappa shape index (κ1) is 60.0.